The standard InChI is InChI=1S/C12H16FIN2O3/c1-3-4-12(2,17)7-15-10-5-8(13)9(14)6-11(10)16(18)19/h5-6,15,17H,3-4,7H2,1-2H3. The summed E-state index contributed by atoms with van der Waals surface area (Å²) in [7, 11) is 0. The molecule has 2 N–H and O–H groups in total. The molecule has 19 heavy (non-hydrogen) atoms. The van der Waals surface area contributed by atoms with Crippen LogP contribution in [0.15, 0.2) is 12.1 Å². The second-order valence-corrected chi connectivity index (χ2v) is 5.80. The average Bonchev–Trinajstić information content (AvgIpc) is 2.30. The van der Waals surface area contributed by atoms with Crippen molar-refractivity contribution in [3.63, 3.8) is 0 Å². The van der Waals surface area contributed by atoms with Crippen molar-refractivity contribution in [1.29, 1.82) is 0 Å². The molecule has 0 saturated carbocycles. The van der Waals surface area contributed by atoms with Gasteiger partial charge in [0.2, 0.25) is 0 Å². The smallest absolute Gasteiger partial charge is 0.293 e. The molecule has 1 atom stereocenters. The van der Waals surface area contributed by atoms with Gasteiger partial charge >= 0.3 is 0 Å². The van der Waals surface area contributed by atoms with Gasteiger partial charge in [0.15, 0.2) is 0 Å². The molecule has 1 aromatic rings. The number of nitro benzene ring substituents is 1. The van der Waals surface area contributed by atoms with Gasteiger partial charge in [-0.3, -0.25) is 10.1 Å². The molecule has 0 aromatic heterocycles. The SMILES string of the molecule is CCCC(C)(O)CNc1cc(F)c(I)cc1[N+](=O)[O-]. The molecule has 0 aliphatic carbocycles. The first-order chi connectivity index (χ1) is 8.76. The van der Waals surface area contributed by atoms with Gasteiger partial charge in [-0.1, -0.05) is 13.3 Å². The Kier molecular flexibility index (Phi) is 5.48. The van der Waals surface area contributed by atoms with Gasteiger partial charge in [0.1, 0.15) is 11.5 Å². The van der Waals surface area contributed by atoms with Crippen molar-refractivity contribution >= 4 is 34.0 Å². The first-order valence-electron chi connectivity index (χ1n) is 5.86. The molecule has 5 nitrogen and oxygen atoms in total. The lowest BCUT2D eigenvalue weighted by Crippen LogP contribution is -2.33. The van der Waals surface area contributed by atoms with E-state index in [0.29, 0.717) is 6.42 Å². The maximum absolute atomic E-state index is 13.5. The van der Waals surface area contributed by atoms with Crippen LogP contribution in [0.3, 0.4) is 0 Å². The minimum Gasteiger partial charge on any atom is -0.388 e. The molecule has 0 aliphatic rings. The van der Waals surface area contributed by atoms with Crippen LogP contribution in [0.25, 0.3) is 0 Å². The van der Waals surface area contributed by atoms with Gasteiger partial charge in [-0.15, -0.1) is 0 Å². The molecule has 0 radical (unpaired) electrons. The van der Waals surface area contributed by atoms with Crippen molar-refractivity contribution in [2.75, 3.05) is 11.9 Å². The predicted octanol–water partition coefficient (Wildman–Crippen LogP) is 3.30. The van der Waals surface area contributed by atoms with Gasteiger partial charge < -0.3 is 10.4 Å². The summed E-state index contributed by atoms with van der Waals surface area (Å²) in [4.78, 5) is 10.3. The minimum absolute atomic E-state index is 0.0827. The molecule has 1 rings (SSSR count). The second-order valence-electron chi connectivity index (χ2n) is 4.64. The Morgan fingerprint density at radius 1 is 1.58 bits per heavy atom. The zero-order valence-electron chi connectivity index (χ0n) is 10.7. The van der Waals surface area contributed by atoms with Gasteiger partial charge in [0, 0.05) is 18.7 Å². The maximum atomic E-state index is 13.5. The van der Waals surface area contributed by atoms with E-state index in [1.54, 1.807) is 29.5 Å². The molecule has 0 heterocycles. The van der Waals surface area contributed by atoms with Crippen LogP contribution in [-0.2, 0) is 0 Å². The summed E-state index contributed by atoms with van der Waals surface area (Å²) in [5.41, 5.74) is -1.10. The molecule has 0 amide bonds. The highest BCUT2D eigenvalue weighted by molar-refractivity contribution is 14.1. The van der Waals surface area contributed by atoms with Crippen LogP contribution in [-0.4, -0.2) is 22.2 Å². The average molecular weight is 382 g/mol. The third-order valence-corrected chi connectivity index (χ3v) is 3.51. The monoisotopic (exact) mass is 382 g/mol. The normalized spacial score (nSPS) is 13.9. The fourth-order valence-electron chi connectivity index (χ4n) is 1.74. The Labute approximate surface area is 124 Å². The number of rotatable bonds is 6. The van der Waals surface area contributed by atoms with Crippen LogP contribution in [0.1, 0.15) is 26.7 Å². The van der Waals surface area contributed by atoms with Crippen molar-refractivity contribution in [2.45, 2.75) is 32.3 Å². The quantitative estimate of drug-likeness (QED) is 0.450. The number of hydrogen-bond donors (Lipinski definition) is 2. The van der Waals surface area contributed by atoms with E-state index in [2.05, 4.69) is 5.32 Å². The number of aliphatic hydroxyl groups is 1. The Hall–Kier alpha value is -0.960. The summed E-state index contributed by atoms with van der Waals surface area (Å²) in [6.45, 7) is 3.70. The zero-order valence-corrected chi connectivity index (χ0v) is 12.9. The topological polar surface area (TPSA) is 75.4 Å². The van der Waals surface area contributed by atoms with E-state index in [0.717, 1.165) is 12.5 Å². The van der Waals surface area contributed by atoms with Gasteiger partial charge in [0.05, 0.1) is 14.1 Å². The maximum Gasteiger partial charge on any atom is 0.293 e. The number of nitrogens with one attached hydrogen (secondary N) is 1. The van der Waals surface area contributed by atoms with Crippen molar-refractivity contribution < 1.29 is 14.4 Å². The van der Waals surface area contributed by atoms with Crippen molar-refractivity contribution in [3.8, 4) is 0 Å². The van der Waals surface area contributed by atoms with Gasteiger partial charge in [-0.05, 0) is 35.9 Å². The van der Waals surface area contributed by atoms with Gasteiger partial charge in [-0.25, -0.2) is 4.39 Å². The molecule has 1 unspecified atom stereocenters. The van der Waals surface area contributed by atoms with E-state index in [1.165, 1.54) is 6.07 Å². The van der Waals surface area contributed by atoms with Crippen molar-refractivity contribution in [3.05, 3.63) is 31.6 Å². The number of hydrogen-bond acceptors (Lipinski definition) is 4. The summed E-state index contributed by atoms with van der Waals surface area (Å²) < 4.78 is 13.6. The first kappa shape index (κ1) is 16.1. The summed E-state index contributed by atoms with van der Waals surface area (Å²) in [5, 5.41) is 23.7. The van der Waals surface area contributed by atoms with E-state index in [4.69, 9.17) is 0 Å². The highest BCUT2D eigenvalue weighted by Crippen LogP contribution is 2.29. The first-order valence-corrected chi connectivity index (χ1v) is 6.94. The predicted molar refractivity (Wildman–Crippen MR) is 79.8 cm³/mol. The Morgan fingerprint density at radius 2 is 2.21 bits per heavy atom. The van der Waals surface area contributed by atoms with E-state index in [9.17, 15) is 19.6 Å². The van der Waals surface area contributed by atoms with E-state index in [1.807, 2.05) is 6.92 Å². The number of nitro groups is 1. The number of halogens is 2. The summed E-state index contributed by atoms with van der Waals surface area (Å²) >= 11 is 1.70. The highest BCUT2D eigenvalue weighted by atomic mass is 127. The molecule has 0 aliphatic heterocycles. The lowest BCUT2D eigenvalue weighted by molar-refractivity contribution is -0.384. The van der Waals surface area contributed by atoms with Crippen LogP contribution in [0.4, 0.5) is 15.8 Å². The summed E-state index contributed by atoms with van der Waals surface area (Å²) in [6, 6.07) is 2.26. The Balaban J connectivity index is 2.94. The molecular weight excluding hydrogens is 366 g/mol. The highest BCUT2D eigenvalue weighted by Gasteiger charge is 2.22. The van der Waals surface area contributed by atoms with E-state index >= 15 is 0 Å². The third-order valence-electron chi connectivity index (χ3n) is 2.68. The number of nitrogens with zero attached hydrogens (tertiary/aromatic N) is 1. The minimum atomic E-state index is -0.984. The van der Waals surface area contributed by atoms with Gasteiger partial charge in [-0.2, -0.15) is 0 Å². The van der Waals surface area contributed by atoms with Gasteiger partial charge in [0.25, 0.3) is 5.69 Å². The molecule has 106 valence electrons. The Bertz CT molecular complexity index is 480. The summed E-state index contributed by atoms with van der Waals surface area (Å²) in [5.74, 6) is -0.524. The van der Waals surface area contributed by atoms with Crippen LogP contribution in [0.5, 0.6) is 0 Å². The largest absolute Gasteiger partial charge is 0.388 e. The van der Waals surface area contributed by atoms with Crippen molar-refractivity contribution in [2.24, 2.45) is 0 Å². The lowest BCUT2D eigenvalue weighted by Gasteiger charge is -2.23. The molecule has 1 aromatic carbocycles. The molecule has 0 fully saturated rings. The number of benzene rings is 1. The van der Waals surface area contributed by atoms with Crippen LogP contribution >= 0.6 is 22.6 Å². The molecule has 0 bridgehead atoms. The third kappa shape index (κ3) is 4.57. The van der Waals surface area contributed by atoms with E-state index in [-0.39, 0.29) is 21.5 Å². The molecule has 0 spiro atoms. The van der Waals surface area contributed by atoms with E-state index < -0.39 is 16.3 Å². The fourth-order valence-corrected chi connectivity index (χ4v) is 2.19. The number of anilines is 1. The van der Waals surface area contributed by atoms with Crippen LogP contribution in [0, 0.1) is 19.5 Å². The van der Waals surface area contributed by atoms with Crippen LogP contribution in [0.2, 0.25) is 0 Å². The summed E-state index contributed by atoms with van der Waals surface area (Å²) in [6.07, 6.45) is 1.35. The second kappa shape index (κ2) is 6.47. The van der Waals surface area contributed by atoms with Crippen LogP contribution < -0.4 is 5.32 Å². The lowest BCUT2D eigenvalue weighted by atomic mass is 10.0. The Morgan fingerprint density at radius 3 is 2.74 bits per heavy atom. The molecule has 0 saturated heterocycles. The fraction of sp³-hybridized carbons (Fsp3) is 0.500. The molecular formula is C12H16FIN2O3. The van der Waals surface area contributed by atoms with Crippen molar-refractivity contribution in [1.82, 2.24) is 0 Å². The molecule has 7 heteroatoms. The zero-order chi connectivity index (χ0) is 14.6.